The standard InChI is InChI=1S/C19H14N4O4/c1-21(2)23-18(26)11-10-8-6-4-5-7-9(8)20-15(10)14-13(12(11)19(23)27)16(24)22(3)17(14)25/h4-7,20H,1-3H3. The molecular formula is C19H14N4O4. The van der Waals surface area contributed by atoms with E-state index in [0.717, 1.165) is 20.1 Å². The van der Waals surface area contributed by atoms with Crippen molar-refractivity contribution in [3.8, 4) is 0 Å². The van der Waals surface area contributed by atoms with E-state index < -0.39 is 22.2 Å². The van der Waals surface area contributed by atoms with Crippen LogP contribution < -0.4 is 27.2 Å². The van der Waals surface area contributed by atoms with Crippen molar-refractivity contribution in [3.05, 3.63) is 65.7 Å². The van der Waals surface area contributed by atoms with Gasteiger partial charge >= 0.3 is 0 Å². The van der Waals surface area contributed by atoms with Gasteiger partial charge < -0.3 is 9.99 Å². The maximum absolute atomic E-state index is 13.1. The second-order valence-electron chi connectivity index (χ2n) is 6.86. The third kappa shape index (κ3) is 1.62. The Labute approximate surface area is 150 Å². The zero-order valence-corrected chi connectivity index (χ0v) is 14.8. The minimum absolute atomic E-state index is 0.000689. The van der Waals surface area contributed by atoms with Crippen molar-refractivity contribution < 1.29 is 0 Å². The van der Waals surface area contributed by atoms with Crippen LogP contribution in [0.4, 0.5) is 0 Å². The molecular weight excluding hydrogens is 348 g/mol. The number of aromatic nitrogens is 3. The fourth-order valence-electron chi connectivity index (χ4n) is 4.04. The Balaban J connectivity index is 2.35. The first-order chi connectivity index (χ1) is 12.8. The van der Waals surface area contributed by atoms with Crippen LogP contribution in [0.5, 0.6) is 0 Å². The third-order valence-corrected chi connectivity index (χ3v) is 5.21. The molecule has 8 heteroatoms. The Bertz CT molecular complexity index is 1640. The molecule has 3 heterocycles. The van der Waals surface area contributed by atoms with Gasteiger partial charge in [0.25, 0.3) is 22.2 Å². The number of rotatable bonds is 1. The summed E-state index contributed by atoms with van der Waals surface area (Å²) in [5, 5.41) is 2.91. The molecule has 0 bridgehead atoms. The average Bonchev–Trinajstić information content (AvgIpc) is 3.20. The van der Waals surface area contributed by atoms with E-state index in [1.807, 2.05) is 24.3 Å². The maximum atomic E-state index is 13.1. The average molecular weight is 362 g/mol. The second-order valence-corrected chi connectivity index (χ2v) is 6.86. The first-order valence-electron chi connectivity index (χ1n) is 8.33. The van der Waals surface area contributed by atoms with Gasteiger partial charge in [0.05, 0.1) is 27.1 Å². The number of aromatic amines is 1. The molecule has 0 aliphatic heterocycles. The van der Waals surface area contributed by atoms with Gasteiger partial charge in [0.1, 0.15) is 0 Å². The molecule has 0 radical (unpaired) electrons. The van der Waals surface area contributed by atoms with Crippen LogP contribution in [-0.2, 0) is 7.05 Å². The van der Waals surface area contributed by atoms with Crippen molar-refractivity contribution in [1.29, 1.82) is 0 Å². The molecule has 0 unspecified atom stereocenters. The summed E-state index contributed by atoms with van der Waals surface area (Å²) in [5.41, 5.74) is -1.03. The van der Waals surface area contributed by atoms with Gasteiger partial charge in [0.2, 0.25) is 0 Å². The van der Waals surface area contributed by atoms with Crippen LogP contribution in [-0.4, -0.2) is 28.3 Å². The fraction of sp³-hybridized carbons (Fsp3) is 0.158. The molecule has 27 heavy (non-hydrogen) atoms. The highest BCUT2D eigenvalue weighted by molar-refractivity contribution is 6.31. The third-order valence-electron chi connectivity index (χ3n) is 5.21. The summed E-state index contributed by atoms with van der Waals surface area (Å²) in [6.07, 6.45) is 0. The molecule has 134 valence electrons. The molecule has 5 rings (SSSR count). The molecule has 1 N–H and O–H groups in total. The lowest BCUT2D eigenvalue weighted by atomic mass is 10.0. The molecule has 3 aromatic heterocycles. The molecule has 2 aromatic carbocycles. The molecule has 0 aliphatic rings. The number of hydrogen-bond donors (Lipinski definition) is 1. The van der Waals surface area contributed by atoms with E-state index in [4.69, 9.17) is 0 Å². The minimum atomic E-state index is -0.597. The lowest BCUT2D eigenvalue weighted by Crippen LogP contribution is -2.40. The molecule has 0 fully saturated rings. The van der Waals surface area contributed by atoms with Crippen molar-refractivity contribution >= 4 is 43.4 Å². The van der Waals surface area contributed by atoms with Crippen LogP contribution in [0.2, 0.25) is 0 Å². The summed E-state index contributed by atoms with van der Waals surface area (Å²) < 4.78 is 1.97. The van der Waals surface area contributed by atoms with Crippen molar-refractivity contribution in [2.45, 2.75) is 0 Å². The molecule has 0 saturated heterocycles. The molecule has 0 saturated carbocycles. The van der Waals surface area contributed by atoms with Crippen molar-refractivity contribution in [1.82, 2.24) is 14.2 Å². The Hall–Kier alpha value is -3.68. The normalized spacial score (nSPS) is 12.1. The highest BCUT2D eigenvalue weighted by atomic mass is 16.2. The second kappa shape index (κ2) is 4.73. The van der Waals surface area contributed by atoms with Crippen LogP contribution in [0.25, 0.3) is 43.4 Å². The SMILES string of the molecule is CN(C)n1c(=O)c2c3c(=O)n(C)c(=O)c3c3[nH]c4ccccc4c3c2c1=O. The summed E-state index contributed by atoms with van der Waals surface area (Å²) in [4.78, 5) is 54.8. The van der Waals surface area contributed by atoms with E-state index >= 15 is 0 Å². The van der Waals surface area contributed by atoms with E-state index in [-0.39, 0.29) is 21.5 Å². The summed E-state index contributed by atoms with van der Waals surface area (Å²) in [6.45, 7) is 0. The monoisotopic (exact) mass is 362 g/mol. The predicted molar refractivity (Wildman–Crippen MR) is 105 cm³/mol. The summed E-state index contributed by atoms with van der Waals surface area (Å²) >= 11 is 0. The van der Waals surface area contributed by atoms with Gasteiger partial charge in [-0.3, -0.25) is 23.7 Å². The predicted octanol–water partition coefficient (Wildman–Crippen LogP) is 0.282. The van der Waals surface area contributed by atoms with Gasteiger partial charge in [0.15, 0.2) is 0 Å². The molecule has 0 atom stereocenters. The van der Waals surface area contributed by atoms with Crippen LogP contribution in [0.3, 0.4) is 0 Å². The zero-order valence-electron chi connectivity index (χ0n) is 14.8. The first-order valence-corrected chi connectivity index (χ1v) is 8.33. The molecule has 0 amide bonds. The lowest BCUT2D eigenvalue weighted by molar-refractivity contribution is 0.695. The minimum Gasteiger partial charge on any atom is -0.354 e. The van der Waals surface area contributed by atoms with Crippen LogP contribution in [0.15, 0.2) is 43.4 Å². The largest absolute Gasteiger partial charge is 0.354 e. The highest BCUT2D eigenvalue weighted by Crippen LogP contribution is 2.34. The maximum Gasteiger partial charge on any atom is 0.281 e. The van der Waals surface area contributed by atoms with Crippen molar-refractivity contribution in [3.63, 3.8) is 0 Å². The fourth-order valence-corrected chi connectivity index (χ4v) is 4.04. The Morgan fingerprint density at radius 3 is 2.00 bits per heavy atom. The molecule has 0 aliphatic carbocycles. The molecule has 0 spiro atoms. The number of fused-ring (bicyclic) bond motifs is 8. The Morgan fingerprint density at radius 1 is 0.778 bits per heavy atom. The summed E-state index contributed by atoms with van der Waals surface area (Å²) in [7, 11) is 4.53. The van der Waals surface area contributed by atoms with E-state index in [0.29, 0.717) is 10.9 Å². The van der Waals surface area contributed by atoms with E-state index in [2.05, 4.69) is 4.98 Å². The van der Waals surface area contributed by atoms with Crippen LogP contribution >= 0.6 is 0 Å². The topological polar surface area (TPSA) is 97.2 Å². The quantitative estimate of drug-likeness (QED) is 0.462. The van der Waals surface area contributed by atoms with Gasteiger partial charge in [-0.05, 0) is 6.07 Å². The number of H-pyrrole nitrogens is 1. The summed E-state index contributed by atoms with van der Waals surface area (Å²) in [5.74, 6) is 0. The van der Waals surface area contributed by atoms with Gasteiger partial charge in [0, 0.05) is 37.4 Å². The zero-order chi connectivity index (χ0) is 19.2. The number of nitrogens with one attached hydrogen (secondary N) is 1. The van der Waals surface area contributed by atoms with E-state index in [1.54, 1.807) is 14.1 Å². The highest BCUT2D eigenvalue weighted by Gasteiger charge is 2.27. The van der Waals surface area contributed by atoms with Crippen molar-refractivity contribution in [2.75, 3.05) is 19.1 Å². The number of para-hydroxylation sites is 1. The number of benzene rings is 2. The number of nitrogens with zero attached hydrogens (tertiary/aromatic N) is 3. The van der Waals surface area contributed by atoms with Crippen LogP contribution in [0, 0.1) is 0 Å². The van der Waals surface area contributed by atoms with Gasteiger partial charge in [-0.15, -0.1) is 0 Å². The molecule has 8 nitrogen and oxygen atoms in total. The Kier molecular flexibility index (Phi) is 2.73. The van der Waals surface area contributed by atoms with Gasteiger partial charge in [-0.2, -0.15) is 4.68 Å². The number of hydrogen-bond acceptors (Lipinski definition) is 5. The smallest absolute Gasteiger partial charge is 0.281 e. The van der Waals surface area contributed by atoms with E-state index in [9.17, 15) is 19.2 Å². The first kappa shape index (κ1) is 15.6. The summed E-state index contributed by atoms with van der Waals surface area (Å²) in [6, 6.07) is 7.29. The Morgan fingerprint density at radius 2 is 1.33 bits per heavy atom. The van der Waals surface area contributed by atoms with Crippen LogP contribution in [0.1, 0.15) is 0 Å². The van der Waals surface area contributed by atoms with E-state index in [1.165, 1.54) is 12.1 Å². The lowest BCUT2D eigenvalue weighted by Gasteiger charge is -2.10. The van der Waals surface area contributed by atoms with Crippen molar-refractivity contribution in [2.24, 2.45) is 7.05 Å². The molecule has 5 aromatic rings. The van der Waals surface area contributed by atoms with Gasteiger partial charge in [-0.1, -0.05) is 18.2 Å². The van der Waals surface area contributed by atoms with Gasteiger partial charge in [-0.25, -0.2) is 0 Å².